The highest BCUT2D eigenvalue weighted by Crippen LogP contribution is 2.36. The van der Waals surface area contributed by atoms with Crippen LogP contribution in [0.3, 0.4) is 0 Å². The number of benzene rings is 2. The molecule has 2 amide bonds. The molecule has 1 heterocycles. The Balaban J connectivity index is 1.96. The van der Waals surface area contributed by atoms with E-state index in [0.717, 1.165) is 5.56 Å². The van der Waals surface area contributed by atoms with Gasteiger partial charge in [-0.3, -0.25) is 14.5 Å². The maximum atomic E-state index is 13.5. The van der Waals surface area contributed by atoms with E-state index in [1.54, 1.807) is 32.4 Å². The molecule has 0 aromatic heterocycles. The number of nitrogens with zero attached hydrogens (tertiary/aromatic N) is 2. The van der Waals surface area contributed by atoms with Crippen molar-refractivity contribution in [2.75, 3.05) is 34.4 Å². The lowest BCUT2D eigenvalue weighted by Gasteiger charge is -2.22. The van der Waals surface area contributed by atoms with Gasteiger partial charge in [0.1, 0.15) is 5.70 Å². The molecule has 0 spiro atoms. The normalized spacial score (nSPS) is 13.8. The summed E-state index contributed by atoms with van der Waals surface area (Å²) in [5.41, 5.74) is 2.40. The first-order valence-corrected chi connectivity index (χ1v) is 11.1. The third-order valence-corrected chi connectivity index (χ3v) is 5.44. The zero-order valence-corrected chi connectivity index (χ0v) is 20.0. The molecule has 0 atom stereocenters. The molecule has 1 aliphatic heterocycles. The minimum absolute atomic E-state index is 0.1000. The molecule has 2 aromatic carbocycles. The molecule has 0 unspecified atom stereocenters. The number of ether oxygens (including phenoxy) is 3. The first-order valence-electron chi connectivity index (χ1n) is 11.1. The molecular weight excluding hydrogens is 420 g/mol. The maximum Gasteiger partial charge on any atom is 0.277 e. The second-order valence-corrected chi connectivity index (χ2v) is 8.17. The van der Waals surface area contributed by atoms with Gasteiger partial charge in [0.15, 0.2) is 11.5 Å². The predicted octanol–water partition coefficient (Wildman–Crippen LogP) is 3.73. The summed E-state index contributed by atoms with van der Waals surface area (Å²) in [5.74, 6) is 0.441. The van der Waals surface area contributed by atoms with E-state index in [-0.39, 0.29) is 17.9 Å². The number of hydrogen-bond acceptors (Lipinski definition) is 6. The summed E-state index contributed by atoms with van der Waals surface area (Å²) in [6, 6.07) is 15.1. The molecule has 0 saturated heterocycles. The Morgan fingerprint density at radius 1 is 0.939 bits per heavy atom. The number of amides is 2. The smallest absolute Gasteiger partial charge is 0.277 e. The highest BCUT2D eigenvalue weighted by molar-refractivity contribution is 6.35. The summed E-state index contributed by atoms with van der Waals surface area (Å²) in [6.45, 7) is 5.19. The Bertz CT molecular complexity index is 1020. The highest BCUT2D eigenvalue weighted by atomic mass is 16.5. The van der Waals surface area contributed by atoms with Crippen molar-refractivity contribution in [2.45, 2.75) is 32.9 Å². The van der Waals surface area contributed by atoms with Crippen LogP contribution in [0.2, 0.25) is 0 Å². The fraction of sp³-hybridized carbons (Fsp3) is 0.385. The van der Waals surface area contributed by atoms with Crippen molar-refractivity contribution in [1.29, 1.82) is 0 Å². The van der Waals surface area contributed by atoms with Gasteiger partial charge >= 0.3 is 0 Å². The van der Waals surface area contributed by atoms with Gasteiger partial charge in [-0.05, 0) is 43.5 Å². The first kappa shape index (κ1) is 24.3. The molecule has 0 fully saturated rings. The molecule has 33 heavy (non-hydrogen) atoms. The van der Waals surface area contributed by atoms with Gasteiger partial charge in [-0.2, -0.15) is 0 Å². The summed E-state index contributed by atoms with van der Waals surface area (Å²) < 4.78 is 16.4. The van der Waals surface area contributed by atoms with E-state index < -0.39 is 0 Å². The van der Waals surface area contributed by atoms with Gasteiger partial charge in [-0.25, -0.2) is 0 Å². The topological polar surface area (TPSA) is 68.3 Å². The fourth-order valence-electron chi connectivity index (χ4n) is 3.85. The predicted molar refractivity (Wildman–Crippen MR) is 127 cm³/mol. The molecule has 2 aromatic rings. The van der Waals surface area contributed by atoms with Crippen molar-refractivity contribution in [3.8, 4) is 11.5 Å². The summed E-state index contributed by atoms with van der Waals surface area (Å²) in [7, 11) is 4.93. The third-order valence-electron chi connectivity index (χ3n) is 5.44. The van der Waals surface area contributed by atoms with Gasteiger partial charge in [0.2, 0.25) is 0 Å². The molecule has 0 bridgehead atoms. The van der Waals surface area contributed by atoms with Crippen LogP contribution in [0.15, 0.2) is 54.2 Å². The van der Waals surface area contributed by atoms with Crippen LogP contribution in [0.25, 0.3) is 5.57 Å². The highest BCUT2D eigenvalue weighted by Gasteiger charge is 2.40. The Labute approximate surface area is 195 Å². The zero-order chi connectivity index (χ0) is 24.0. The first-order chi connectivity index (χ1) is 15.9. The lowest BCUT2D eigenvalue weighted by Crippen LogP contribution is -2.35. The van der Waals surface area contributed by atoms with Crippen LogP contribution >= 0.6 is 0 Å². The van der Waals surface area contributed by atoms with Crippen LogP contribution < -0.4 is 9.47 Å². The Kier molecular flexibility index (Phi) is 8.11. The number of carbonyl (C=O) groups excluding carboxylic acids is 2. The molecule has 0 saturated carbocycles. The van der Waals surface area contributed by atoms with Gasteiger partial charge in [0.05, 0.1) is 25.9 Å². The number of likely N-dealkylation sites (N-methyl/N-ethyl adjacent to an activating group) is 1. The molecule has 0 radical (unpaired) electrons. The average molecular weight is 453 g/mol. The van der Waals surface area contributed by atoms with Crippen LogP contribution in [0.5, 0.6) is 11.5 Å². The number of rotatable bonds is 11. The Hall–Kier alpha value is -3.32. The van der Waals surface area contributed by atoms with E-state index in [1.165, 1.54) is 4.90 Å². The summed E-state index contributed by atoms with van der Waals surface area (Å²) in [6.07, 6.45) is 0.674. The minimum Gasteiger partial charge on any atom is -0.493 e. The van der Waals surface area contributed by atoms with E-state index in [9.17, 15) is 9.59 Å². The summed E-state index contributed by atoms with van der Waals surface area (Å²) in [4.78, 5) is 30.1. The van der Waals surface area contributed by atoms with Gasteiger partial charge in [-0.15, -0.1) is 0 Å². The second kappa shape index (κ2) is 11.0. The number of carbonyl (C=O) groups is 2. The van der Waals surface area contributed by atoms with E-state index in [2.05, 4.69) is 0 Å². The van der Waals surface area contributed by atoms with E-state index in [0.29, 0.717) is 54.4 Å². The third kappa shape index (κ3) is 5.54. The van der Waals surface area contributed by atoms with Gasteiger partial charge in [0.25, 0.3) is 11.8 Å². The van der Waals surface area contributed by atoms with Crippen LogP contribution in [0, 0.1) is 0 Å². The monoisotopic (exact) mass is 452 g/mol. The zero-order valence-electron chi connectivity index (χ0n) is 20.0. The van der Waals surface area contributed by atoms with Crippen molar-refractivity contribution in [1.82, 2.24) is 9.80 Å². The number of methoxy groups -OCH3 is 2. The van der Waals surface area contributed by atoms with Crippen molar-refractivity contribution in [3.05, 3.63) is 65.4 Å². The maximum absolute atomic E-state index is 13.5. The molecule has 0 aliphatic carbocycles. The minimum atomic E-state index is -0.313. The lowest BCUT2D eigenvalue weighted by atomic mass is 10.0. The largest absolute Gasteiger partial charge is 0.493 e. The van der Waals surface area contributed by atoms with Crippen LogP contribution in [-0.4, -0.2) is 62.1 Å². The Morgan fingerprint density at radius 3 is 2.27 bits per heavy atom. The van der Waals surface area contributed by atoms with Gasteiger partial charge in [0, 0.05) is 26.7 Å². The van der Waals surface area contributed by atoms with Crippen LogP contribution in [-0.2, 0) is 20.9 Å². The average Bonchev–Trinajstić information content (AvgIpc) is 3.06. The van der Waals surface area contributed by atoms with Crippen LogP contribution in [0.4, 0.5) is 0 Å². The number of hydrogen-bond donors (Lipinski definition) is 0. The fourth-order valence-corrected chi connectivity index (χ4v) is 3.85. The van der Waals surface area contributed by atoms with E-state index in [4.69, 9.17) is 14.2 Å². The molecule has 7 nitrogen and oxygen atoms in total. The quantitative estimate of drug-likeness (QED) is 0.382. The Morgan fingerprint density at radius 2 is 1.64 bits per heavy atom. The SMILES string of the molecule is COc1ccc(C2=C(N(C)Cc3ccccc3)C(=O)N(CCCOC(C)C)C2=O)cc1OC. The summed E-state index contributed by atoms with van der Waals surface area (Å²) >= 11 is 0. The standard InChI is InChI=1S/C26H32N2O5/c1-18(2)33-15-9-14-28-25(29)23(20-12-13-21(31-4)22(16-20)32-5)24(26(28)30)27(3)17-19-10-7-6-8-11-19/h6-8,10-13,16,18H,9,14-15,17H2,1-5H3. The van der Waals surface area contributed by atoms with Crippen molar-refractivity contribution < 1.29 is 23.8 Å². The molecule has 1 aliphatic rings. The van der Waals surface area contributed by atoms with Gasteiger partial charge < -0.3 is 19.1 Å². The lowest BCUT2D eigenvalue weighted by molar-refractivity contribution is -0.137. The molecular formula is C26H32N2O5. The number of imide groups is 1. The van der Waals surface area contributed by atoms with Crippen molar-refractivity contribution >= 4 is 17.4 Å². The van der Waals surface area contributed by atoms with E-state index >= 15 is 0 Å². The second-order valence-electron chi connectivity index (χ2n) is 8.17. The molecule has 0 N–H and O–H groups in total. The van der Waals surface area contributed by atoms with Crippen LogP contribution in [0.1, 0.15) is 31.4 Å². The molecule has 176 valence electrons. The summed E-state index contributed by atoms with van der Waals surface area (Å²) in [5, 5.41) is 0. The van der Waals surface area contributed by atoms with Crippen molar-refractivity contribution in [3.63, 3.8) is 0 Å². The molecule has 7 heteroatoms. The van der Waals surface area contributed by atoms with E-state index in [1.807, 2.05) is 56.1 Å². The van der Waals surface area contributed by atoms with Crippen molar-refractivity contribution in [2.24, 2.45) is 0 Å². The van der Waals surface area contributed by atoms with Gasteiger partial charge in [-0.1, -0.05) is 36.4 Å². The molecule has 3 rings (SSSR count).